The van der Waals surface area contributed by atoms with Crippen molar-refractivity contribution in [3.8, 4) is 5.75 Å². The molecule has 0 saturated heterocycles. The molecule has 0 saturated carbocycles. The zero-order chi connectivity index (χ0) is 15.4. The molecule has 1 aliphatic heterocycles. The number of ether oxygens (including phenoxy) is 1. The van der Waals surface area contributed by atoms with Crippen molar-refractivity contribution in [1.29, 1.82) is 0 Å². The predicted molar refractivity (Wildman–Crippen MR) is 81.6 cm³/mol. The second-order valence-corrected chi connectivity index (χ2v) is 4.59. The van der Waals surface area contributed by atoms with Gasteiger partial charge in [0.1, 0.15) is 11.6 Å². The Morgan fingerprint density at radius 2 is 1.68 bits per heavy atom. The molecule has 1 N–H and O–H groups in total. The van der Waals surface area contributed by atoms with Crippen molar-refractivity contribution < 1.29 is 14.3 Å². The summed E-state index contributed by atoms with van der Waals surface area (Å²) in [4.78, 5) is 23.7. The van der Waals surface area contributed by atoms with Crippen LogP contribution in [0.25, 0.3) is 0 Å². The van der Waals surface area contributed by atoms with Crippen molar-refractivity contribution >= 4 is 23.5 Å². The van der Waals surface area contributed by atoms with E-state index < -0.39 is 6.09 Å². The number of nitrogens with zero attached hydrogens (tertiary/aromatic N) is 2. The molecule has 1 aliphatic rings. The maximum absolute atomic E-state index is 11.9. The summed E-state index contributed by atoms with van der Waals surface area (Å²) in [5, 5.41) is 7.86. The molecule has 0 spiro atoms. The third-order valence-corrected chi connectivity index (χ3v) is 2.98. The van der Waals surface area contributed by atoms with Crippen LogP contribution in [0.4, 0.5) is 10.5 Å². The van der Waals surface area contributed by atoms with Crippen LogP contribution in [0.15, 0.2) is 65.8 Å². The quantitative estimate of drug-likeness (QED) is 0.925. The third-order valence-electron chi connectivity index (χ3n) is 2.98. The van der Waals surface area contributed by atoms with Gasteiger partial charge in [0.2, 0.25) is 0 Å². The first-order valence-corrected chi connectivity index (χ1v) is 6.72. The molecule has 0 unspecified atom stereocenters. The smallest absolute Gasteiger partial charge is 0.410 e. The lowest BCUT2D eigenvalue weighted by atomic mass is 10.3. The second kappa shape index (κ2) is 6.09. The summed E-state index contributed by atoms with van der Waals surface area (Å²) in [6, 6.07) is 17.7. The van der Waals surface area contributed by atoms with Crippen molar-refractivity contribution in [1.82, 2.24) is 5.32 Å². The van der Waals surface area contributed by atoms with E-state index in [1.807, 2.05) is 24.3 Å². The highest BCUT2D eigenvalue weighted by molar-refractivity contribution is 6.15. The monoisotopic (exact) mass is 295 g/mol. The van der Waals surface area contributed by atoms with Crippen LogP contribution in [0.2, 0.25) is 0 Å². The second-order valence-electron chi connectivity index (χ2n) is 4.59. The summed E-state index contributed by atoms with van der Waals surface area (Å²) in [6.45, 7) is 0. The first kappa shape index (κ1) is 13.8. The van der Waals surface area contributed by atoms with Gasteiger partial charge in [0.05, 0.1) is 12.1 Å². The third kappa shape index (κ3) is 3.12. The maximum Gasteiger partial charge on any atom is 0.418 e. The highest BCUT2D eigenvalue weighted by Gasteiger charge is 2.26. The maximum atomic E-state index is 11.9. The minimum absolute atomic E-state index is 0.0266. The fraction of sp³-hybridized carbons (Fsp3) is 0.0625. The number of carbonyl (C=O) groups is 2. The van der Waals surface area contributed by atoms with Gasteiger partial charge in [-0.25, -0.2) is 4.79 Å². The normalized spacial score (nSPS) is 13.7. The van der Waals surface area contributed by atoms with Crippen molar-refractivity contribution in [2.45, 2.75) is 6.42 Å². The molecule has 1 heterocycles. The van der Waals surface area contributed by atoms with Gasteiger partial charge < -0.3 is 4.74 Å². The Morgan fingerprint density at radius 3 is 2.36 bits per heavy atom. The number of rotatable bonds is 2. The fourth-order valence-electron chi connectivity index (χ4n) is 2.01. The van der Waals surface area contributed by atoms with Gasteiger partial charge in [0, 0.05) is 0 Å². The molecular formula is C16H13N3O3. The molecule has 0 aromatic heterocycles. The van der Waals surface area contributed by atoms with Gasteiger partial charge in [0.15, 0.2) is 0 Å². The fourth-order valence-corrected chi connectivity index (χ4v) is 2.01. The van der Waals surface area contributed by atoms with Gasteiger partial charge in [-0.2, -0.15) is 10.1 Å². The van der Waals surface area contributed by atoms with Gasteiger partial charge in [-0.1, -0.05) is 36.4 Å². The lowest BCUT2D eigenvalue weighted by molar-refractivity contribution is -0.116. The van der Waals surface area contributed by atoms with E-state index in [0.29, 0.717) is 11.4 Å². The molecule has 2 aromatic carbocycles. The summed E-state index contributed by atoms with van der Waals surface area (Å²) in [7, 11) is 0. The minimum Gasteiger partial charge on any atom is -0.410 e. The van der Waals surface area contributed by atoms with Crippen LogP contribution < -0.4 is 15.1 Å². The predicted octanol–water partition coefficient (Wildman–Crippen LogP) is 2.53. The number of hydrogen-bond donors (Lipinski definition) is 1. The lowest BCUT2D eigenvalue weighted by Crippen LogP contribution is -2.32. The highest BCUT2D eigenvalue weighted by atomic mass is 16.6. The van der Waals surface area contributed by atoms with Gasteiger partial charge in [-0.3, -0.25) is 10.1 Å². The zero-order valence-electron chi connectivity index (χ0n) is 11.6. The van der Waals surface area contributed by atoms with E-state index in [-0.39, 0.29) is 18.2 Å². The number of anilines is 1. The Bertz CT molecular complexity index is 714. The zero-order valence-corrected chi connectivity index (χ0v) is 11.6. The van der Waals surface area contributed by atoms with Crippen molar-refractivity contribution in [2.75, 3.05) is 5.01 Å². The number of hydrogen-bond acceptors (Lipinski definition) is 4. The Kier molecular flexibility index (Phi) is 3.82. The Morgan fingerprint density at radius 1 is 1.05 bits per heavy atom. The van der Waals surface area contributed by atoms with E-state index in [4.69, 9.17) is 4.74 Å². The molecule has 0 atom stereocenters. The number of para-hydroxylation sites is 2. The summed E-state index contributed by atoms with van der Waals surface area (Å²) in [5.41, 5.74) is 0.653. The number of amidine groups is 1. The van der Waals surface area contributed by atoms with Crippen molar-refractivity contribution in [2.24, 2.45) is 5.10 Å². The molecule has 0 fully saturated rings. The molecule has 0 aliphatic carbocycles. The standard InChI is InChI=1S/C16H13N3O3/c20-15-11-14(18-19(15)12-7-3-1-4-8-12)17-16(21)22-13-9-5-2-6-10-13/h1-10H,11H2,(H,17,18,21). The van der Waals surface area contributed by atoms with E-state index in [1.54, 1.807) is 36.4 Å². The summed E-state index contributed by atoms with van der Waals surface area (Å²) < 4.78 is 5.09. The molecule has 2 aromatic rings. The number of amides is 2. The van der Waals surface area contributed by atoms with Crippen LogP contribution in [0, 0.1) is 0 Å². The van der Waals surface area contributed by atoms with E-state index in [2.05, 4.69) is 10.4 Å². The number of carbonyl (C=O) groups excluding carboxylic acids is 2. The molecule has 0 radical (unpaired) electrons. The van der Waals surface area contributed by atoms with E-state index in [0.717, 1.165) is 0 Å². The van der Waals surface area contributed by atoms with Crippen LogP contribution in [-0.2, 0) is 4.79 Å². The van der Waals surface area contributed by atoms with Crippen LogP contribution in [0.1, 0.15) is 6.42 Å². The van der Waals surface area contributed by atoms with Crippen LogP contribution in [0.5, 0.6) is 5.75 Å². The van der Waals surface area contributed by atoms with E-state index in [1.165, 1.54) is 5.01 Å². The molecule has 6 heteroatoms. The molecule has 110 valence electrons. The molecule has 3 rings (SSSR count). The van der Waals surface area contributed by atoms with E-state index in [9.17, 15) is 9.59 Å². The van der Waals surface area contributed by atoms with Gasteiger partial charge in [-0.15, -0.1) is 0 Å². The SMILES string of the molecule is O=C(NC1=NN(c2ccccc2)C(=O)C1)Oc1ccccc1. The number of hydrazone groups is 1. The van der Waals surface area contributed by atoms with Gasteiger partial charge in [0.25, 0.3) is 5.91 Å². The molecular weight excluding hydrogens is 282 g/mol. The average molecular weight is 295 g/mol. The summed E-state index contributed by atoms with van der Waals surface area (Å²) >= 11 is 0. The Hall–Kier alpha value is -3.15. The van der Waals surface area contributed by atoms with E-state index >= 15 is 0 Å². The topological polar surface area (TPSA) is 71.0 Å². The Labute approximate surface area is 127 Å². The first-order valence-electron chi connectivity index (χ1n) is 6.72. The molecule has 6 nitrogen and oxygen atoms in total. The minimum atomic E-state index is -0.673. The number of nitrogens with one attached hydrogen (secondary N) is 1. The van der Waals surface area contributed by atoms with Gasteiger partial charge in [-0.05, 0) is 24.3 Å². The van der Waals surface area contributed by atoms with Crippen molar-refractivity contribution in [3.05, 3.63) is 60.7 Å². The van der Waals surface area contributed by atoms with Crippen LogP contribution in [-0.4, -0.2) is 17.8 Å². The summed E-state index contributed by atoms with van der Waals surface area (Å²) in [6.07, 6.45) is -0.647. The van der Waals surface area contributed by atoms with Crippen LogP contribution >= 0.6 is 0 Å². The van der Waals surface area contributed by atoms with Crippen LogP contribution in [0.3, 0.4) is 0 Å². The highest BCUT2D eigenvalue weighted by Crippen LogP contribution is 2.19. The lowest BCUT2D eigenvalue weighted by Gasteiger charge is -2.10. The molecule has 22 heavy (non-hydrogen) atoms. The average Bonchev–Trinajstić information content (AvgIpc) is 2.89. The largest absolute Gasteiger partial charge is 0.418 e. The molecule has 2 amide bonds. The summed E-state index contributed by atoms with van der Waals surface area (Å²) in [5.74, 6) is 0.473. The first-order chi connectivity index (χ1) is 10.7. The number of benzene rings is 2. The Balaban J connectivity index is 1.66. The molecule has 0 bridgehead atoms. The van der Waals surface area contributed by atoms with Gasteiger partial charge >= 0.3 is 6.09 Å². The van der Waals surface area contributed by atoms with Crippen molar-refractivity contribution in [3.63, 3.8) is 0 Å².